The van der Waals surface area contributed by atoms with Crippen molar-refractivity contribution >= 4 is 54.6 Å². The average molecular weight is 481 g/mol. The van der Waals surface area contributed by atoms with Gasteiger partial charge in [0.2, 0.25) is 0 Å². The van der Waals surface area contributed by atoms with Crippen LogP contribution in [0.15, 0.2) is 47.4 Å². The van der Waals surface area contributed by atoms with Crippen LogP contribution in [0.4, 0.5) is 5.69 Å². The maximum atomic E-state index is 13.1. The fourth-order valence-electron chi connectivity index (χ4n) is 3.24. The van der Waals surface area contributed by atoms with E-state index in [4.69, 9.17) is 16.3 Å². The summed E-state index contributed by atoms with van der Waals surface area (Å²) in [7, 11) is -0.866. The third kappa shape index (κ3) is 4.97. The van der Waals surface area contributed by atoms with E-state index < -0.39 is 10.0 Å². The first-order chi connectivity index (χ1) is 14.7. The number of methoxy groups -OCH3 is 1. The zero-order valence-corrected chi connectivity index (χ0v) is 20.2. The standard InChI is InChI=1S/C22H25ClN2O4S2/c1-5-6-14(2)24-22(26)21-12-15-11-16(7-10-20(15)30-21)25(3)31(27,28)17-8-9-19(29-4)18(23)13-17/h7-14H,5-6H2,1-4H3,(H,24,26)/t14-/m0/s1. The average Bonchev–Trinajstić information content (AvgIpc) is 3.16. The highest BCUT2D eigenvalue weighted by Crippen LogP contribution is 2.33. The largest absolute Gasteiger partial charge is 0.495 e. The molecule has 9 heteroatoms. The Morgan fingerprint density at radius 1 is 1.23 bits per heavy atom. The van der Waals surface area contributed by atoms with Gasteiger partial charge in [0.15, 0.2) is 0 Å². The monoisotopic (exact) mass is 480 g/mol. The van der Waals surface area contributed by atoms with Gasteiger partial charge in [-0.1, -0.05) is 24.9 Å². The molecule has 6 nitrogen and oxygen atoms in total. The minimum atomic E-state index is -3.82. The highest BCUT2D eigenvalue weighted by Gasteiger charge is 2.23. The van der Waals surface area contributed by atoms with E-state index in [0.29, 0.717) is 16.3 Å². The van der Waals surface area contributed by atoms with Crippen LogP contribution >= 0.6 is 22.9 Å². The molecule has 0 radical (unpaired) electrons. The summed E-state index contributed by atoms with van der Waals surface area (Å²) in [6.07, 6.45) is 1.91. The predicted molar refractivity (Wildman–Crippen MR) is 127 cm³/mol. The van der Waals surface area contributed by atoms with Gasteiger partial charge in [0.1, 0.15) is 5.75 Å². The summed E-state index contributed by atoms with van der Waals surface area (Å²) in [6.45, 7) is 4.06. The summed E-state index contributed by atoms with van der Waals surface area (Å²) in [4.78, 5) is 13.2. The van der Waals surface area contributed by atoms with Crippen LogP contribution in [0.1, 0.15) is 36.4 Å². The molecule has 0 bridgehead atoms. The zero-order valence-electron chi connectivity index (χ0n) is 17.8. The maximum Gasteiger partial charge on any atom is 0.264 e. The van der Waals surface area contributed by atoms with E-state index >= 15 is 0 Å². The Balaban J connectivity index is 1.88. The molecule has 0 fully saturated rings. The lowest BCUT2D eigenvalue weighted by atomic mass is 10.2. The van der Waals surface area contributed by atoms with E-state index in [2.05, 4.69) is 12.2 Å². The van der Waals surface area contributed by atoms with Crippen molar-refractivity contribution in [3.63, 3.8) is 0 Å². The summed E-state index contributed by atoms with van der Waals surface area (Å²) in [6, 6.07) is 11.6. The SMILES string of the molecule is CCC[C@H](C)NC(=O)c1cc2cc(N(C)S(=O)(=O)c3ccc(OC)c(Cl)c3)ccc2s1. The van der Waals surface area contributed by atoms with Crippen LogP contribution in [-0.2, 0) is 10.0 Å². The number of sulfonamides is 1. The van der Waals surface area contributed by atoms with Crippen molar-refractivity contribution < 1.29 is 17.9 Å². The van der Waals surface area contributed by atoms with Gasteiger partial charge in [0, 0.05) is 17.8 Å². The molecule has 1 atom stereocenters. The number of hydrogen-bond acceptors (Lipinski definition) is 5. The van der Waals surface area contributed by atoms with Gasteiger partial charge in [-0.25, -0.2) is 8.42 Å². The quantitative estimate of drug-likeness (QED) is 0.474. The number of halogens is 1. The van der Waals surface area contributed by atoms with Crippen LogP contribution in [-0.4, -0.2) is 34.5 Å². The van der Waals surface area contributed by atoms with Gasteiger partial charge in [0.25, 0.3) is 15.9 Å². The molecule has 0 aliphatic rings. The van der Waals surface area contributed by atoms with Crippen molar-refractivity contribution in [2.45, 2.75) is 37.6 Å². The number of fused-ring (bicyclic) bond motifs is 1. The third-order valence-corrected chi connectivity index (χ3v) is 8.16. The van der Waals surface area contributed by atoms with Gasteiger partial charge in [-0.3, -0.25) is 9.10 Å². The highest BCUT2D eigenvalue weighted by atomic mass is 35.5. The van der Waals surface area contributed by atoms with Crippen LogP contribution in [0.2, 0.25) is 5.02 Å². The lowest BCUT2D eigenvalue weighted by Crippen LogP contribution is -2.31. The van der Waals surface area contributed by atoms with Gasteiger partial charge in [0.05, 0.1) is 27.6 Å². The number of benzene rings is 2. The first-order valence-electron chi connectivity index (χ1n) is 9.84. The number of hydrogen-bond donors (Lipinski definition) is 1. The van der Waals surface area contributed by atoms with Crippen molar-refractivity contribution in [1.82, 2.24) is 5.32 Å². The second-order valence-corrected chi connectivity index (χ2v) is 10.7. The van der Waals surface area contributed by atoms with Crippen LogP contribution < -0.4 is 14.4 Å². The first kappa shape index (κ1) is 23.4. The maximum absolute atomic E-state index is 13.1. The van der Waals surface area contributed by atoms with Crippen molar-refractivity contribution in [3.8, 4) is 5.75 Å². The van der Waals surface area contributed by atoms with Crippen LogP contribution in [0, 0.1) is 0 Å². The number of nitrogens with one attached hydrogen (secondary N) is 1. The molecule has 0 saturated carbocycles. The lowest BCUT2D eigenvalue weighted by Gasteiger charge is -2.20. The van der Waals surface area contributed by atoms with E-state index in [9.17, 15) is 13.2 Å². The molecular formula is C22H25ClN2O4S2. The van der Waals surface area contributed by atoms with Crippen LogP contribution in [0.25, 0.3) is 10.1 Å². The topological polar surface area (TPSA) is 75.7 Å². The molecule has 0 aliphatic heterocycles. The smallest absolute Gasteiger partial charge is 0.264 e. The minimum absolute atomic E-state index is 0.0659. The van der Waals surface area contributed by atoms with Gasteiger partial charge in [-0.15, -0.1) is 11.3 Å². The molecule has 0 spiro atoms. The van der Waals surface area contributed by atoms with E-state index in [1.807, 2.05) is 13.0 Å². The lowest BCUT2D eigenvalue weighted by molar-refractivity contribution is 0.0942. The number of anilines is 1. The Labute approximate surface area is 191 Å². The second-order valence-electron chi connectivity index (χ2n) is 7.26. The number of thiophene rings is 1. The molecule has 1 amide bonds. The van der Waals surface area contributed by atoms with Crippen LogP contribution in [0.3, 0.4) is 0 Å². The molecule has 1 N–H and O–H groups in total. The summed E-state index contributed by atoms with van der Waals surface area (Å²) in [5.41, 5.74) is 0.489. The number of ether oxygens (including phenoxy) is 1. The van der Waals surface area contributed by atoms with E-state index in [-0.39, 0.29) is 21.9 Å². The number of carbonyl (C=O) groups excluding carboxylic acids is 1. The highest BCUT2D eigenvalue weighted by molar-refractivity contribution is 7.92. The zero-order chi connectivity index (χ0) is 22.8. The summed E-state index contributed by atoms with van der Waals surface area (Å²) < 4.78 is 33.4. The van der Waals surface area contributed by atoms with Gasteiger partial charge in [-0.2, -0.15) is 0 Å². The summed E-state index contributed by atoms with van der Waals surface area (Å²) in [5.74, 6) is 0.291. The Morgan fingerprint density at radius 2 is 1.97 bits per heavy atom. The summed E-state index contributed by atoms with van der Waals surface area (Å²) in [5, 5.41) is 4.03. The number of amides is 1. The molecule has 166 valence electrons. The van der Waals surface area contributed by atoms with E-state index in [1.165, 1.54) is 48.0 Å². The van der Waals surface area contributed by atoms with Crippen molar-refractivity contribution in [2.75, 3.05) is 18.5 Å². The molecular weight excluding hydrogens is 456 g/mol. The molecule has 0 aliphatic carbocycles. The van der Waals surface area contributed by atoms with Crippen molar-refractivity contribution in [3.05, 3.63) is 52.4 Å². The minimum Gasteiger partial charge on any atom is -0.495 e. The Morgan fingerprint density at radius 3 is 2.61 bits per heavy atom. The molecule has 1 heterocycles. The number of rotatable bonds is 8. The third-order valence-electron chi connectivity index (χ3n) is 4.97. The number of nitrogens with zero attached hydrogens (tertiary/aromatic N) is 1. The van der Waals surface area contributed by atoms with Gasteiger partial charge < -0.3 is 10.1 Å². The first-order valence-corrected chi connectivity index (χ1v) is 12.5. The molecule has 0 unspecified atom stereocenters. The fourth-order valence-corrected chi connectivity index (χ4v) is 5.73. The van der Waals surface area contributed by atoms with Gasteiger partial charge in [-0.05, 0) is 61.2 Å². The fraction of sp³-hybridized carbons (Fsp3) is 0.318. The van der Waals surface area contributed by atoms with Gasteiger partial charge >= 0.3 is 0 Å². The molecule has 0 saturated heterocycles. The Kier molecular flexibility index (Phi) is 7.13. The van der Waals surface area contributed by atoms with Crippen LogP contribution in [0.5, 0.6) is 5.75 Å². The summed E-state index contributed by atoms with van der Waals surface area (Å²) >= 11 is 7.49. The predicted octanol–water partition coefficient (Wildman–Crippen LogP) is 5.31. The van der Waals surface area contributed by atoms with Crippen molar-refractivity contribution in [2.24, 2.45) is 0 Å². The van der Waals surface area contributed by atoms with Crippen molar-refractivity contribution in [1.29, 1.82) is 0 Å². The van der Waals surface area contributed by atoms with E-state index in [0.717, 1.165) is 22.9 Å². The second kappa shape index (κ2) is 9.46. The molecule has 31 heavy (non-hydrogen) atoms. The molecule has 2 aromatic carbocycles. The molecule has 3 aromatic rings. The Hall–Kier alpha value is -2.29. The Bertz CT molecular complexity index is 1210. The molecule has 1 aromatic heterocycles. The number of carbonyl (C=O) groups is 1. The molecule has 3 rings (SSSR count). The van der Waals surface area contributed by atoms with E-state index in [1.54, 1.807) is 18.2 Å². The normalized spacial score (nSPS) is 12.5.